The fourth-order valence-electron chi connectivity index (χ4n) is 2.47. The summed E-state index contributed by atoms with van der Waals surface area (Å²) >= 11 is 0. The van der Waals surface area contributed by atoms with Gasteiger partial charge in [0.1, 0.15) is 5.76 Å². The Morgan fingerprint density at radius 3 is 2.89 bits per heavy atom. The molecule has 0 amide bonds. The molecule has 0 spiro atoms. The second-order valence-electron chi connectivity index (χ2n) is 5.24. The van der Waals surface area contributed by atoms with Crippen LogP contribution in [0.4, 0.5) is 0 Å². The highest BCUT2D eigenvalue weighted by Crippen LogP contribution is 2.29. The van der Waals surface area contributed by atoms with Crippen molar-refractivity contribution >= 4 is 5.78 Å². The number of ketones is 1. The van der Waals surface area contributed by atoms with Crippen LogP contribution in [0.1, 0.15) is 25.0 Å². The van der Waals surface area contributed by atoms with Gasteiger partial charge in [0.15, 0.2) is 5.78 Å². The average Bonchev–Trinajstić information content (AvgIpc) is 2.88. The molecule has 1 aromatic heterocycles. The molecular formula is C14H19NO3. The van der Waals surface area contributed by atoms with Crippen molar-refractivity contribution in [2.75, 3.05) is 19.8 Å². The van der Waals surface area contributed by atoms with Crippen LogP contribution >= 0.6 is 0 Å². The molecule has 1 saturated heterocycles. The Balaban J connectivity index is 1.58. The summed E-state index contributed by atoms with van der Waals surface area (Å²) in [4.78, 5) is 14.4. The van der Waals surface area contributed by atoms with Crippen LogP contribution in [0.3, 0.4) is 0 Å². The molecular weight excluding hydrogens is 230 g/mol. The maximum Gasteiger partial charge on any atom is 0.152 e. The number of ether oxygens (including phenoxy) is 1. The summed E-state index contributed by atoms with van der Waals surface area (Å²) in [7, 11) is 0. The predicted molar refractivity (Wildman–Crippen MR) is 66.1 cm³/mol. The number of carbonyl (C=O) groups excluding carboxylic acids is 1. The summed E-state index contributed by atoms with van der Waals surface area (Å²) in [5.74, 6) is 1.38. The molecule has 4 nitrogen and oxygen atoms in total. The minimum absolute atomic E-state index is 0.114. The van der Waals surface area contributed by atoms with E-state index in [1.165, 1.54) is 12.8 Å². The van der Waals surface area contributed by atoms with Gasteiger partial charge >= 0.3 is 0 Å². The Morgan fingerprint density at radius 2 is 2.28 bits per heavy atom. The fourth-order valence-corrected chi connectivity index (χ4v) is 2.47. The van der Waals surface area contributed by atoms with Gasteiger partial charge in [0.2, 0.25) is 0 Å². The summed E-state index contributed by atoms with van der Waals surface area (Å²) in [6, 6.07) is 4.44. The molecule has 2 heterocycles. The summed E-state index contributed by atoms with van der Waals surface area (Å²) in [5.41, 5.74) is 0. The molecule has 98 valence electrons. The molecule has 2 aliphatic rings. The zero-order valence-electron chi connectivity index (χ0n) is 10.5. The highest BCUT2D eigenvalue weighted by atomic mass is 16.5. The Morgan fingerprint density at radius 1 is 1.39 bits per heavy atom. The van der Waals surface area contributed by atoms with Crippen LogP contribution in [0.25, 0.3) is 0 Å². The summed E-state index contributed by atoms with van der Waals surface area (Å²) in [6.45, 7) is 2.63. The van der Waals surface area contributed by atoms with Gasteiger partial charge in [-0.2, -0.15) is 0 Å². The van der Waals surface area contributed by atoms with Crippen molar-refractivity contribution < 1.29 is 13.9 Å². The number of hydrogen-bond acceptors (Lipinski definition) is 4. The molecule has 1 aliphatic heterocycles. The first-order valence-electron chi connectivity index (χ1n) is 6.70. The van der Waals surface area contributed by atoms with Crippen molar-refractivity contribution in [1.82, 2.24) is 4.90 Å². The monoisotopic (exact) mass is 249 g/mol. The van der Waals surface area contributed by atoms with Crippen molar-refractivity contribution in [3.05, 3.63) is 24.2 Å². The van der Waals surface area contributed by atoms with Crippen molar-refractivity contribution in [3.63, 3.8) is 0 Å². The number of hydrogen-bond donors (Lipinski definition) is 0. The van der Waals surface area contributed by atoms with E-state index in [9.17, 15) is 4.79 Å². The van der Waals surface area contributed by atoms with E-state index in [0.717, 1.165) is 25.3 Å². The van der Waals surface area contributed by atoms with Crippen LogP contribution in [0.5, 0.6) is 0 Å². The standard InChI is InChI=1S/C14H19NO3/c16-14(11-5-7-17-10-11)9-15(12-3-4-12)8-13-2-1-6-18-13/h1-2,6,11-12H,3-5,7-10H2. The van der Waals surface area contributed by atoms with Crippen molar-refractivity contribution in [1.29, 1.82) is 0 Å². The molecule has 3 rings (SSSR count). The largest absolute Gasteiger partial charge is 0.468 e. The maximum atomic E-state index is 12.2. The molecule has 0 N–H and O–H groups in total. The second kappa shape index (κ2) is 5.24. The zero-order chi connectivity index (χ0) is 12.4. The Hall–Kier alpha value is -1.13. The first-order valence-corrected chi connectivity index (χ1v) is 6.70. The zero-order valence-corrected chi connectivity index (χ0v) is 10.5. The summed E-state index contributed by atoms with van der Waals surface area (Å²) in [5, 5.41) is 0. The lowest BCUT2D eigenvalue weighted by atomic mass is 10.0. The van der Waals surface area contributed by atoms with Crippen molar-refractivity contribution in [2.45, 2.75) is 31.8 Å². The molecule has 0 radical (unpaired) electrons. The number of furan rings is 1. The van der Waals surface area contributed by atoms with E-state index in [1.54, 1.807) is 6.26 Å². The first kappa shape index (κ1) is 11.9. The first-order chi connectivity index (χ1) is 8.83. The van der Waals surface area contributed by atoms with E-state index < -0.39 is 0 Å². The summed E-state index contributed by atoms with van der Waals surface area (Å²) < 4.78 is 10.7. The lowest BCUT2D eigenvalue weighted by Crippen LogP contribution is -2.34. The van der Waals surface area contributed by atoms with E-state index in [-0.39, 0.29) is 5.92 Å². The smallest absolute Gasteiger partial charge is 0.152 e. The second-order valence-corrected chi connectivity index (χ2v) is 5.24. The van der Waals surface area contributed by atoms with E-state index >= 15 is 0 Å². The molecule has 1 aliphatic carbocycles. The highest BCUT2D eigenvalue weighted by Gasteiger charge is 2.33. The Kier molecular flexibility index (Phi) is 3.48. The summed E-state index contributed by atoms with van der Waals surface area (Å²) in [6.07, 6.45) is 4.98. The molecule has 2 fully saturated rings. The maximum absolute atomic E-state index is 12.2. The lowest BCUT2D eigenvalue weighted by molar-refractivity contribution is -0.124. The van der Waals surface area contributed by atoms with Gasteiger partial charge in [-0.25, -0.2) is 0 Å². The Bertz CT molecular complexity index is 391. The van der Waals surface area contributed by atoms with E-state index in [4.69, 9.17) is 9.15 Å². The van der Waals surface area contributed by atoms with Crippen LogP contribution in [0.2, 0.25) is 0 Å². The molecule has 0 aromatic carbocycles. The van der Waals surface area contributed by atoms with Crippen LogP contribution in [0.15, 0.2) is 22.8 Å². The van der Waals surface area contributed by atoms with Gasteiger partial charge in [-0.1, -0.05) is 0 Å². The number of carbonyl (C=O) groups is 1. The number of rotatable bonds is 6. The molecule has 1 saturated carbocycles. The lowest BCUT2D eigenvalue weighted by Gasteiger charge is -2.21. The van der Waals surface area contributed by atoms with Crippen molar-refractivity contribution in [3.8, 4) is 0 Å². The fraction of sp³-hybridized carbons (Fsp3) is 0.643. The van der Waals surface area contributed by atoms with Gasteiger partial charge in [0.25, 0.3) is 0 Å². The minimum atomic E-state index is 0.114. The topological polar surface area (TPSA) is 42.7 Å². The molecule has 4 heteroatoms. The number of nitrogens with zero attached hydrogens (tertiary/aromatic N) is 1. The van der Waals surface area contributed by atoms with Gasteiger partial charge in [-0.3, -0.25) is 9.69 Å². The molecule has 18 heavy (non-hydrogen) atoms. The van der Waals surface area contributed by atoms with Gasteiger partial charge in [0.05, 0.1) is 26.0 Å². The SMILES string of the molecule is O=C(CN(Cc1ccco1)C1CC1)C1CCOC1. The Labute approximate surface area is 107 Å². The predicted octanol–water partition coefficient (Wildman–Crippen LogP) is 1.85. The third-order valence-electron chi connectivity index (χ3n) is 3.75. The average molecular weight is 249 g/mol. The molecule has 1 aromatic rings. The van der Waals surface area contributed by atoms with Crippen LogP contribution in [-0.4, -0.2) is 36.5 Å². The molecule has 0 bridgehead atoms. The van der Waals surface area contributed by atoms with Crippen LogP contribution < -0.4 is 0 Å². The molecule has 1 atom stereocenters. The van der Waals surface area contributed by atoms with Crippen LogP contribution in [-0.2, 0) is 16.1 Å². The third-order valence-corrected chi connectivity index (χ3v) is 3.75. The quantitative estimate of drug-likeness (QED) is 0.771. The van der Waals surface area contributed by atoms with Gasteiger partial charge < -0.3 is 9.15 Å². The molecule has 1 unspecified atom stereocenters. The third kappa shape index (κ3) is 2.82. The van der Waals surface area contributed by atoms with Gasteiger partial charge in [-0.05, 0) is 31.4 Å². The normalized spacial score (nSPS) is 23.7. The highest BCUT2D eigenvalue weighted by molar-refractivity contribution is 5.83. The van der Waals surface area contributed by atoms with E-state index in [1.807, 2.05) is 12.1 Å². The van der Waals surface area contributed by atoms with Gasteiger partial charge in [-0.15, -0.1) is 0 Å². The van der Waals surface area contributed by atoms with E-state index in [0.29, 0.717) is 25.0 Å². The minimum Gasteiger partial charge on any atom is -0.468 e. The van der Waals surface area contributed by atoms with Crippen LogP contribution in [0, 0.1) is 5.92 Å². The number of Topliss-reactive ketones (excluding diaryl/α,β-unsaturated/α-hetero) is 1. The van der Waals surface area contributed by atoms with E-state index in [2.05, 4.69) is 4.90 Å². The van der Waals surface area contributed by atoms with Crippen molar-refractivity contribution in [2.24, 2.45) is 5.92 Å². The van der Waals surface area contributed by atoms with Gasteiger partial charge in [0, 0.05) is 18.6 Å².